The van der Waals surface area contributed by atoms with Crippen LogP contribution in [0.15, 0.2) is 6.20 Å². The Morgan fingerprint density at radius 2 is 2.12 bits per heavy atom. The van der Waals surface area contributed by atoms with E-state index in [9.17, 15) is 18.0 Å². The van der Waals surface area contributed by atoms with Crippen LogP contribution in [-0.4, -0.2) is 29.5 Å². The molecule has 0 aliphatic heterocycles. The molecule has 0 amide bonds. The second kappa shape index (κ2) is 4.94. The van der Waals surface area contributed by atoms with Crippen LogP contribution in [0.3, 0.4) is 0 Å². The van der Waals surface area contributed by atoms with Gasteiger partial charge in [0.15, 0.2) is 5.75 Å². The van der Waals surface area contributed by atoms with E-state index in [0.717, 1.165) is 0 Å². The molecule has 0 aliphatic rings. The molecule has 94 valence electrons. The van der Waals surface area contributed by atoms with Gasteiger partial charge in [-0.05, 0) is 22.6 Å². The van der Waals surface area contributed by atoms with Crippen LogP contribution in [-0.2, 0) is 0 Å². The minimum absolute atomic E-state index is 0.0700. The Hall–Kier alpha value is -1.26. The maximum atomic E-state index is 12.0. The molecule has 0 saturated heterocycles. The van der Waals surface area contributed by atoms with Crippen LogP contribution in [0.1, 0.15) is 10.4 Å². The molecule has 1 aromatic heterocycles. The smallest absolute Gasteiger partial charge is 0.480 e. The van der Waals surface area contributed by atoms with Gasteiger partial charge in [-0.1, -0.05) is 0 Å². The molecule has 0 unspecified atom stereocenters. The molecule has 0 spiro atoms. The third-order valence-electron chi connectivity index (χ3n) is 1.59. The SMILES string of the molecule is COc1ncc(OC(F)(F)F)c(C(=O)O)c1I. The van der Waals surface area contributed by atoms with Crippen LogP contribution in [0, 0.1) is 3.57 Å². The minimum atomic E-state index is -4.98. The molecule has 0 aromatic carbocycles. The number of aromatic nitrogens is 1. The number of rotatable bonds is 3. The Kier molecular flexibility index (Phi) is 4.01. The number of carboxylic acids is 1. The molecule has 1 aromatic rings. The summed E-state index contributed by atoms with van der Waals surface area (Å²) in [6.45, 7) is 0. The fourth-order valence-electron chi connectivity index (χ4n) is 0.997. The van der Waals surface area contributed by atoms with Crippen LogP contribution in [0.2, 0.25) is 0 Å². The molecule has 0 saturated carbocycles. The van der Waals surface area contributed by atoms with Crippen molar-refractivity contribution in [1.29, 1.82) is 0 Å². The number of carboxylic acid groups (broad SMARTS) is 1. The zero-order valence-corrected chi connectivity index (χ0v) is 10.4. The first-order valence-corrected chi connectivity index (χ1v) is 5.05. The normalized spacial score (nSPS) is 11.1. The maximum absolute atomic E-state index is 12.0. The number of ether oxygens (including phenoxy) is 2. The van der Waals surface area contributed by atoms with Gasteiger partial charge in [-0.25, -0.2) is 9.78 Å². The van der Waals surface area contributed by atoms with Crippen LogP contribution in [0.25, 0.3) is 0 Å². The first-order chi connectivity index (χ1) is 7.76. The number of halogens is 4. The van der Waals surface area contributed by atoms with Gasteiger partial charge in [0.1, 0.15) is 5.56 Å². The zero-order chi connectivity index (χ0) is 13.2. The molecule has 5 nitrogen and oxygen atoms in total. The molecule has 0 fully saturated rings. The number of aromatic carboxylic acids is 1. The first kappa shape index (κ1) is 13.8. The van der Waals surface area contributed by atoms with E-state index in [1.54, 1.807) is 0 Å². The summed E-state index contributed by atoms with van der Waals surface area (Å²) in [4.78, 5) is 14.4. The molecule has 1 rings (SSSR count). The van der Waals surface area contributed by atoms with E-state index in [4.69, 9.17) is 9.84 Å². The lowest BCUT2D eigenvalue weighted by Gasteiger charge is -2.13. The highest BCUT2D eigenvalue weighted by Crippen LogP contribution is 2.32. The van der Waals surface area contributed by atoms with E-state index in [-0.39, 0.29) is 9.45 Å². The van der Waals surface area contributed by atoms with Gasteiger partial charge in [-0.15, -0.1) is 13.2 Å². The highest BCUT2D eigenvalue weighted by molar-refractivity contribution is 14.1. The molecule has 0 atom stereocenters. The molecule has 0 aliphatic carbocycles. The van der Waals surface area contributed by atoms with E-state index >= 15 is 0 Å². The predicted molar refractivity (Wildman–Crippen MR) is 57.1 cm³/mol. The van der Waals surface area contributed by atoms with Gasteiger partial charge in [0, 0.05) is 0 Å². The van der Waals surface area contributed by atoms with Crippen LogP contribution < -0.4 is 9.47 Å². The van der Waals surface area contributed by atoms with E-state index in [1.807, 2.05) is 0 Å². The third-order valence-corrected chi connectivity index (χ3v) is 2.59. The Bertz CT molecular complexity index is 449. The highest BCUT2D eigenvalue weighted by Gasteiger charge is 2.34. The highest BCUT2D eigenvalue weighted by atomic mass is 127. The van der Waals surface area contributed by atoms with Gasteiger partial charge < -0.3 is 14.6 Å². The predicted octanol–water partition coefficient (Wildman–Crippen LogP) is 2.29. The van der Waals surface area contributed by atoms with Gasteiger partial charge in [0.05, 0.1) is 16.9 Å². The lowest BCUT2D eigenvalue weighted by molar-refractivity contribution is -0.274. The number of hydrogen-bond acceptors (Lipinski definition) is 4. The fourth-order valence-corrected chi connectivity index (χ4v) is 1.85. The van der Waals surface area contributed by atoms with Gasteiger partial charge in [-0.3, -0.25) is 0 Å². The summed E-state index contributed by atoms with van der Waals surface area (Å²) in [7, 11) is 1.22. The summed E-state index contributed by atoms with van der Waals surface area (Å²) < 4.78 is 44.3. The van der Waals surface area contributed by atoms with Crippen molar-refractivity contribution in [1.82, 2.24) is 4.98 Å². The largest absolute Gasteiger partial charge is 0.573 e. The number of carbonyl (C=O) groups is 1. The Morgan fingerprint density at radius 1 is 1.53 bits per heavy atom. The van der Waals surface area contributed by atoms with Crippen molar-refractivity contribution in [2.75, 3.05) is 7.11 Å². The molecule has 0 radical (unpaired) electrons. The van der Waals surface area contributed by atoms with E-state index < -0.39 is 23.6 Å². The lowest BCUT2D eigenvalue weighted by Crippen LogP contribution is -2.20. The minimum Gasteiger partial charge on any atom is -0.480 e. The third kappa shape index (κ3) is 3.35. The number of alkyl halides is 3. The van der Waals surface area contributed by atoms with Crippen LogP contribution in [0.5, 0.6) is 11.6 Å². The average Bonchev–Trinajstić information content (AvgIpc) is 2.14. The Balaban J connectivity index is 3.32. The van der Waals surface area contributed by atoms with Crippen molar-refractivity contribution in [3.63, 3.8) is 0 Å². The maximum Gasteiger partial charge on any atom is 0.573 e. The molecular weight excluding hydrogens is 358 g/mol. The summed E-state index contributed by atoms with van der Waals surface area (Å²) in [5.41, 5.74) is -0.644. The van der Waals surface area contributed by atoms with Crippen molar-refractivity contribution in [2.45, 2.75) is 6.36 Å². The van der Waals surface area contributed by atoms with E-state index in [2.05, 4.69) is 9.72 Å². The summed E-state index contributed by atoms with van der Waals surface area (Å²) in [6, 6.07) is 0. The zero-order valence-electron chi connectivity index (χ0n) is 8.21. The summed E-state index contributed by atoms with van der Waals surface area (Å²) in [5, 5.41) is 8.83. The first-order valence-electron chi connectivity index (χ1n) is 3.97. The second-order valence-electron chi connectivity index (χ2n) is 2.67. The van der Waals surface area contributed by atoms with Gasteiger partial charge in [0.25, 0.3) is 0 Å². The second-order valence-corrected chi connectivity index (χ2v) is 3.75. The number of nitrogens with zero attached hydrogens (tertiary/aromatic N) is 1. The molecular formula is C8H5F3INO4. The average molecular weight is 363 g/mol. The van der Waals surface area contributed by atoms with Crippen molar-refractivity contribution in [3.05, 3.63) is 15.3 Å². The number of methoxy groups -OCH3 is 1. The Labute approximate surface area is 107 Å². The number of hydrogen-bond donors (Lipinski definition) is 1. The van der Waals surface area contributed by atoms with Crippen molar-refractivity contribution >= 4 is 28.6 Å². The van der Waals surface area contributed by atoms with Crippen LogP contribution in [0.4, 0.5) is 13.2 Å². The Morgan fingerprint density at radius 3 is 2.53 bits per heavy atom. The van der Waals surface area contributed by atoms with Gasteiger partial charge >= 0.3 is 12.3 Å². The van der Waals surface area contributed by atoms with Crippen LogP contribution >= 0.6 is 22.6 Å². The summed E-state index contributed by atoms with van der Waals surface area (Å²) in [6.07, 6.45) is -4.33. The molecule has 1 heterocycles. The van der Waals surface area contributed by atoms with Crippen molar-refractivity contribution in [3.8, 4) is 11.6 Å². The lowest BCUT2D eigenvalue weighted by atomic mass is 10.2. The van der Waals surface area contributed by atoms with Gasteiger partial charge in [-0.2, -0.15) is 0 Å². The summed E-state index contributed by atoms with van der Waals surface area (Å²) in [5.74, 6) is -2.53. The van der Waals surface area contributed by atoms with Crippen molar-refractivity contribution in [2.24, 2.45) is 0 Å². The molecule has 0 bridgehead atoms. The number of pyridine rings is 1. The van der Waals surface area contributed by atoms with Crippen molar-refractivity contribution < 1.29 is 32.5 Å². The standard InChI is InChI=1S/C8H5F3INO4/c1-16-6-5(12)4(7(14)15)3(2-13-6)17-8(9,10)11/h2H,1H3,(H,14,15). The monoisotopic (exact) mass is 363 g/mol. The molecule has 17 heavy (non-hydrogen) atoms. The summed E-state index contributed by atoms with van der Waals surface area (Å²) >= 11 is 1.52. The fraction of sp³-hybridized carbons (Fsp3) is 0.250. The van der Waals surface area contributed by atoms with E-state index in [0.29, 0.717) is 6.20 Å². The van der Waals surface area contributed by atoms with Gasteiger partial charge in [0.2, 0.25) is 5.88 Å². The molecule has 1 N–H and O–H groups in total. The molecule has 9 heteroatoms. The topological polar surface area (TPSA) is 68.7 Å². The quantitative estimate of drug-likeness (QED) is 0.835. The van der Waals surface area contributed by atoms with E-state index in [1.165, 1.54) is 29.7 Å².